The van der Waals surface area contributed by atoms with E-state index in [1.54, 1.807) is 0 Å². The van der Waals surface area contributed by atoms with Gasteiger partial charge in [0.15, 0.2) is 5.11 Å². The monoisotopic (exact) mass is 348 g/mol. The Labute approximate surface area is 145 Å². The Morgan fingerprint density at radius 1 is 1.26 bits per heavy atom. The third kappa shape index (κ3) is 4.30. The van der Waals surface area contributed by atoms with Crippen molar-refractivity contribution in [2.24, 2.45) is 0 Å². The van der Waals surface area contributed by atoms with Crippen molar-refractivity contribution in [1.29, 1.82) is 0 Å². The van der Waals surface area contributed by atoms with Gasteiger partial charge in [0.25, 0.3) is 0 Å². The van der Waals surface area contributed by atoms with Gasteiger partial charge in [0, 0.05) is 10.6 Å². The molecule has 0 aliphatic heterocycles. The van der Waals surface area contributed by atoms with Crippen molar-refractivity contribution >= 4 is 45.3 Å². The van der Waals surface area contributed by atoms with Crippen LogP contribution < -0.4 is 10.6 Å². The summed E-state index contributed by atoms with van der Waals surface area (Å²) in [6, 6.07) is 7.95. The van der Waals surface area contributed by atoms with Gasteiger partial charge < -0.3 is 15.4 Å². The van der Waals surface area contributed by atoms with E-state index in [4.69, 9.17) is 17.0 Å². The molecule has 0 atom stereocenters. The molecule has 0 spiro atoms. The van der Waals surface area contributed by atoms with E-state index < -0.39 is 0 Å². The van der Waals surface area contributed by atoms with Crippen LogP contribution in [-0.2, 0) is 11.2 Å². The molecule has 0 bridgehead atoms. The van der Waals surface area contributed by atoms with Crippen LogP contribution in [0.1, 0.15) is 33.3 Å². The lowest BCUT2D eigenvalue weighted by Crippen LogP contribution is -2.20. The summed E-state index contributed by atoms with van der Waals surface area (Å²) in [5.41, 5.74) is 3.77. The quantitative estimate of drug-likeness (QED) is 0.628. The minimum atomic E-state index is -0.363. The minimum Gasteiger partial charge on any atom is -0.465 e. The van der Waals surface area contributed by atoms with Crippen LogP contribution in [-0.4, -0.2) is 18.2 Å². The number of nitrogens with one attached hydrogen (secondary N) is 2. The lowest BCUT2D eigenvalue weighted by molar-refractivity contribution is 0.0602. The Bertz CT molecular complexity index is 738. The van der Waals surface area contributed by atoms with Crippen LogP contribution >= 0.6 is 23.6 Å². The molecule has 2 rings (SSSR count). The van der Waals surface area contributed by atoms with Crippen LogP contribution in [0, 0.1) is 13.8 Å². The molecule has 0 saturated heterocycles. The topological polar surface area (TPSA) is 50.4 Å². The summed E-state index contributed by atoms with van der Waals surface area (Å²) in [6.45, 7) is 6.12. The van der Waals surface area contributed by atoms with E-state index in [9.17, 15) is 4.79 Å². The van der Waals surface area contributed by atoms with E-state index in [-0.39, 0.29) is 5.97 Å². The zero-order chi connectivity index (χ0) is 17.0. The predicted molar refractivity (Wildman–Crippen MR) is 101 cm³/mol. The fourth-order valence-electron chi connectivity index (χ4n) is 2.18. The van der Waals surface area contributed by atoms with Crippen molar-refractivity contribution in [3.8, 4) is 0 Å². The maximum atomic E-state index is 11.9. The van der Waals surface area contributed by atoms with Gasteiger partial charge >= 0.3 is 5.97 Å². The van der Waals surface area contributed by atoms with Gasteiger partial charge in [-0.15, -0.1) is 11.3 Å². The van der Waals surface area contributed by atoms with Crippen molar-refractivity contribution in [2.75, 3.05) is 17.7 Å². The van der Waals surface area contributed by atoms with Crippen LogP contribution in [0.5, 0.6) is 0 Å². The average Bonchev–Trinajstić information content (AvgIpc) is 2.92. The molecule has 0 unspecified atom stereocenters. The van der Waals surface area contributed by atoms with Crippen molar-refractivity contribution in [3.05, 3.63) is 45.8 Å². The standard InChI is InChI=1S/C17H20N2O2S2/c1-5-12-9-13(16(20)21-4)15(23-12)19-17(22)18-14-7-6-10(2)8-11(14)3/h6-9H,5H2,1-4H3,(H2,18,19,22). The molecule has 1 heterocycles. The number of hydrogen-bond donors (Lipinski definition) is 2. The second kappa shape index (κ2) is 7.57. The van der Waals surface area contributed by atoms with Gasteiger partial charge in [-0.3, -0.25) is 0 Å². The molecule has 2 N–H and O–H groups in total. The number of carbonyl (C=O) groups excluding carboxylic acids is 1. The molecule has 4 nitrogen and oxygen atoms in total. The van der Waals surface area contributed by atoms with Crippen LogP contribution in [0.25, 0.3) is 0 Å². The van der Waals surface area contributed by atoms with Gasteiger partial charge in [-0.1, -0.05) is 24.6 Å². The number of benzene rings is 1. The van der Waals surface area contributed by atoms with E-state index in [2.05, 4.69) is 16.7 Å². The summed E-state index contributed by atoms with van der Waals surface area (Å²) in [6.07, 6.45) is 0.855. The Hall–Kier alpha value is -1.92. The van der Waals surface area contributed by atoms with Gasteiger partial charge in [0.2, 0.25) is 0 Å². The first kappa shape index (κ1) is 17.4. The number of esters is 1. The van der Waals surface area contributed by atoms with E-state index >= 15 is 0 Å². The number of anilines is 2. The Kier molecular flexibility index (Phi) is 5.74. The molecule has 1 aromatic heterocycles. The highest BCUT2D eigenvalue weighted by molar-refractivity contribution is 7.80. The van der Waals surface area contributed by atoms with Crippen molar-refractivity contribution < 1.29 is 9.53 Å². The molecule has 0 fully saturated rings. The zero-order valence-electron chi connectivity index (χ0n) is 13.6. The summed E-state index contributed by atoms with van der Waals surface area (Å²) in [4.78, 5) is 13.0. The maximum Gasteiger partial charge on any atom is 0.340 e. The third-order valence-corrected chi connectivity index (χ3v) is 4.79. The normalized spacial score (nSPS) is 10.3. The van der Waals surface area contributed by atoms with E-state index in [1.165, 1.54) is 24.0 Å². The van der Waals surface area contributed by atoms with Gasteiger partial charge in [-0.25, -0.2) is 4.79 Å². The van der Waals surface area contributed by atoms with Gasteiger partial charge in [-0.2, -0.15) is 0 Å². The summed E-state index contributed by atoms with van der Waals surface area (Å²) < 4.78 is 4.83. The van der Waals surface area contributed by atoms with Gasteiger partial charge in [0.05, 0.1) is 12.7 Å². The molecule has 1 aromatic carbocycles. The van der Waals surface area contributed by atoms with Crippen LogP contribution in [0.15, 0.2) is 24.3 Å². The van der Waals surface area contributed by atoms with Gasteiger partial charge in [-0.05, 0) is 50.2 Å². The van der Waals surface area contributed by atoms with E-state index in [0.717, 1.165) is 22.5 Å². The smallest absolute Gasteiger partial charge is 0.340 e. The van der Waals surface area contributed by atoms with E-state index in [0.29, 0.717) is 15.7 Å². The number of carbonyl (C=O) groups is 1. The van der Waals surface area contributed by atoms with Crippen molar-refractivity contribution in [2.45, 2.75) is 27.2 Å². The minimum absolute atomic E-state index is 0.363. The predicted octanol–water partition coefficient (Wildman–Crippen LogP) is 4.52. The number of methoxy groups -OCH3 is 1. The van der Waals surface area contributed by atoms with Crippen LogP contribution in [0.4, 0.5) is 10.7 Å². The maximum absolute atomic E-state index is 11.9. The highest BCUT2D eigenvalue weighted by atomic mass is 32.1. The highest BCUT2D eigenvalue weighted by Crippen LogP contribution is 2.29. The third-order valence-electron chi connectivity index (χ3n) is 3.39. The van der Waals surface area contributed by atoms with Crippen molar-refractivity contribution in [1.82, 2.24) is 0 Å². The molecular formula is C17H20N2O2S2. The first-order valence-electron chi connectivity index (χ1n) is 7.30. The molecule has 0 aliphatic carbocycles. The molecule has 23 heavy (non-hydrogen) atoms. The summed E-state index contributed by atoms with van der Waals surface area (Å²) >= 11 is 6.88. The zero-order valence-corrected chi connectivity index (χ0v) is 15.3. The number of hydrogen-bond acceptors (Lipinski definition) is 4. The number of rotatable bonds is 4. The first-order valence-corrected chi connectivity index (χ1v) is 8.53. The fourth-order valence-corrected chi connectivity index (χ4v) is 3.45. The summed E-state index contributed by atoms with van der Waals surface area (Å²) in [5.74, 6) is -0.363. The number of thiophene rings is 1. The summed E-state index contributed by atoms with van der Waals surface area (Å²) in [7, 11) is 1.38. The summed E-state index contributed by atoms with van der Waals surface area (Å²) in [5, 5.41) is 7.44. The average molecular weight is 348 g/mol. The fraction of sp³-hybridized carbons (Fsp3) is 0.294. The molecule has 0 amide bonds. The lowest BCUT2D eigenvalue weighted by Gasteiger charge is -2.12. The molecule has 2 aromatic rings. The highest BCUT2D eigenvalue weighted by Gasteiger charge is 2.17. The SMILES string of the molecule is CCc1cc(C(=O)OC)c(NC(=S)Nc2ccc(C)cc2C)s1. The van der Waals surface area contributed by atoms with Crippen LogP contribution in [0.2, 0.25) is 0 Å². The molecule has 6 heteroatoms. The van der Waals surface area contributed by atoms with Gasteiger partial charge in [0.1, 0.15) is 5.00 Å². The van der Waals surface area contributed by atoms with Crippen molar-refractivity contribution in [3.63, 3.8) is 0 Å². The molecule has 122 valence electrons. The second-order valence-electron chi connectivity index (χ2n) is 5.20. The number of aryl methyl sites for hydroxylation is 3. The molecule has 0 aliphatic rings. The Morgan fingerprint density at radius 3 is 2.61 bits per heavy atom. The second-order valence-corrected chi connectivity index (χ2v) is 6.74. The largest absolute Gasteiger partial charge is 0.465 e. The molecular weight excluding hydrogens is 328 g/mol. The first-order chi connectivity index (χ1) is 10.9. The number of thiocarbonyl (C=S) groups is 1. The van der Waals surface area contributed by atoms with E-state index in [1.807, 2.05) is 39.0 Å². The number of ether oxygens (including phenoxy) is 1. The lowest BCUT2D eigenvalue weighted by atomic mass is 10.1. The Morgan fingerprint density at radius 2 is 2.00 bits per heavy atom. The molecule has 0 saturated carbocycles. The van der Waals surface area contributed by atoms with Crippen LogP contribution in [0.3, 0.4) is 0 Å². The Balaban J connectivity index is 2.16. The molecule has 0 radical (unpaired) electrons.